The molecular formula is C14H21N3OS. The third-order valence-electron chi connectivity index (χ3n) is 2.75. The van der Waals surface area contributed by atoms with Crippen LogP contribution in [0.15, 0.2) is 12.1 Å². The predicted octanol–water partition coefficient (Wildman–Crippen LogP) is 1.13. The van der Waals surface area contributed by atoms with Crippen molar-refractivity contribution < 1.29 is 4.79 Å². The first-order valence-electron chi connectivity index (χ1n) is 6.50. The molecule has 0 saturated heterocycles. The molecule has 4 nitrogen and oxygen atoms in total. The summed E-state index contributed by atoms with van der Waals surface area (Å²) in [4.78, 5) is 15.7. The highest BCUT2D eigenvalue weighted by Gasteiger charge is 2.08. The second-order valence-corrected chi connectivity index (χ2v) is 5.04. The first kappa shape index (κ1) is 15.7. The van der Waals surface area contributed by atoms with Crippen molar-refractivity contribution in [1.29, 1.82) is 0 Å². The summed E-state index contributed by atoms with van der Waals surface area (Å²) in [5.41, 5.74) is 5.31. The van der Waals surface area contributed by atoms with Gasteiger partial charge in [0.2, 0.25) is 0 Å². The summed E-state index contributed by atoms with van der Waals surface area (Å²) in [6.07, 6.45) is 0. The number of amides is 1. The van der Waals surface area contributed by atoms with Crippen molar-refractivity contribution in [3.63, 3.8) is 0 Å². The van der Waals surface area contributed by atoms with Gasteiger partial charge in [0.05, 0.1) is 16.3 Å². The van der Waals surface area contributed by atoms with E-state index in [4.69, 9.17) is 5.73 Å². The van der Waals surface area contributed by atoms with Gasteiger partial charge in [-0.3, -0.25) is 4.79 Å². The van der Waals surface area contributed by atoms with E-state index in [1.807, 2.05) is 6.07 Å². The molecule has 0 fully saturated rings. The first-order valence-corrected chi connectivity index (χ1v) is 7.32. The minimum absolute atomic E-state index is 0.0297. The molecule has 1 aromatic heterocycles. The summed E-state index contributed by atoms with van der Waals surface area (Å²) in [6.45, 7) is 8.13. The number of nitrogens with one attached hydrogen (secondary N) is 1. The van der Waals surface area contributed by atoms with Gasteiger partial charge in [-0.2, -0.15) is 0 Å². The predicted molar refractivity (Wildman–Crippen MR) is 80.4 cm³/mol. The van der Waals surface area contributed by atoms with Crippen LogP contribution >= 0.6 is 11.3 Å². The monoisotopic (exact) mass is 279 g/mol. The SMILES string of the molecule is CCN(CC)CCNC(=O)c1ccc(C#CCN)s1. The molecule has 0 bridgehead atoms. The highest BCUT2D eigenvalue weighted by molar-refractivity contribution is 7.14. The Bertz CT molecular complexity index is 455. The third-order valence-corrected chi connectivity index (χ3v) is 3.75. The maximum atomic E-state index is 11.9. The number of carbonyl (C=O) groups is 1. The minimum atomic E-state index is -0.0297. The van der Waals surface area contributed by atoms with Crippen LogP contribution in [-0.2, 0) is 0 Å². The van der Waals surface area contributed by atoms with Gasteiger partial charge in [0.1, 0.15) is 0 Å². The lowest BCUT2D eigenvalue weighted by Crippen LogP contribution is -2.34. The molecule has 0 aliphatic carbocycles. The van der Waals surface area contributed by atoms with Crippen LogP contribution < -0.4 is 11.1 Å². The average molecular weight is 279 g/mol. The Labute approximate surface area is 119 Å². The fourth-order valence-corrected chi connectivity index (χ4v) is 2.42. The van der Waals surface area contributed by atoms with Crippen molar-refractivity contribution >= 4 is 17.2 Å². The summed E-state index contributed by atoms with van der Waals surface area (Å²) < 4.78 is 0. The molecule has 0 spiro atoms. The van der Waals surface area contributed by atoms with Gasteiger partial charge in [-0.25, -0.2) is 0 Å². The van der Waals surface area contributed by atoms with Crippen LogP contribution in [0.4, 0.5) is 0 Å². The van der Waals surface area contributed by atoms with Gasteiger partial charge in [-0.15, -0.1) is 11.3 Å². The normalized spacial score (nSPS) is 10.1. The molecule has 104 valence electrons. The standard InChI is InChI=1S/C14H21N3OS/c1-3-17(4-2)11-10-16-14(18)13-8-7-12(19-13)6-5-9-15/h7-8H,3-4,9-11,15H2,1-2H3,(H,16,18). The number of likely N-dealkylation sites (N-methyl/N-ethyl adjacent to an activating group) is 1. The van der Waals surface area contributed by atoms with E-state index in [0.717, 1.165) is 24.5 Å². The zero-order valence-electron chi connectivity index (χ0n) is 11.5. The summed E-state index contributed by atoms with van der Waals surface area (Å²) >= 11 is 1.40. The fourth-order valence-electron chi connectivity index (χ4n) is 1.62. The summed E-state index contributed by atoms with van der Waals surface area (Å²) in [5.74, 6) is 5.68. The van der Waals surface area contributed by atoms with Crippen LogP contribution in [0, 0.1) is 11.8 Å². The molecule has 0 aliphatic rings. The van der Waals surface area contributed by atoms with Gasteiger partial charge in [-0.1, -0.05) is 25.7 Å². The second-order valence-electron chi connectivity index (χ2n) is 3.95. The van der Waals surface area contributed by atoms with E-state index in [-0.39, 0.29) is 5.91 Å². The van der Waals surface area contributed by atoms with Crippen LogP contribution in [-0.4, -0.2) is 43.5 Å². The molecule has 19 heavy (non-hydrogen) atoms. The van der Waals surface area contributed by atoms with Crippen molar-refractivity contribution in [1.82, 2.24) is 10.2 Å². The lowest BCUT2D eigenvalue weighted by Gasteiger charge is -2.17. The fraction of sp³-hybridized carbons (Fsp3) is 0.500. The first-order chi connectivity index (χ1) is 9.21. The van der Waals surface area contributed by atoms with Crippen LogP contribution in [0.3, 0.4) is 0 Å². The maximum Gasteiger partial charge on any atom is 0.261 e. The Balaban J connectivity index is 2.43. The Morgan fingerprint density at radius 2 is 2.16 bits per heavy atom. The Morgan fingerprint density at radius 3 is 2.79 bits per heavy atom. The zero-order valence-corrected chi connectivity index (χ0v) is 12.3. The van der Waals surface area contributed by atoms with E-state index in [0.29, 0.717) is 18.0 Å². The molecule has 1 amide bonds. The molecule has 0 unspecified atom stereocenters. The van der Waals surface area contributed by atoms with Crippen LogP contribution in [0.2, 0.25) is 0 Å². The van der Waals surface area contributed by atoms with Crippen molar-refractivity contribution in [3.8, 4) is 11.8 Å². The van der Waals surface area contributed by atoms with Crippen LogP contribution in [0.5, 0.6) is 0 Å². The Morgan fingerprint density at radius 1 is 1.42 bits per heavy atom. The van der Waals surface area contributed by atoms with Gasteiger partial charge >= 0.3 is 0 Å². The van der Waals surface area contributed by atoms with E-state index < -0.39 is 0 Å². The lowest BCUT2D eigenvalue weighted by molar-refractivity contribution is 0.0953. The van der Waals surface area contributed by atoms with Crippen molar-refractivity contribution in [2.45, 2.75) is 13.8 Å². The lowest BCUT2D eigenvalue weighted by atomic mass is 10.4. The van der Waals surface area contributed by atoms with E-state index in [9.17, 15) is 4.79 Å². The molecule has 0 aliphatic heterocycles. The van der Waals surface area contributed by atoms with E-state index in [1.165, 1.54) is 11.3 Å². The number of hydrogen-bond donors (Lipinski definition) is 2. The van der Waals surface area contributed by atoms with Gasteiger partial charge in [0.25, 0.3) is 5.91 Å². The minimum Gasteiger partial charge on any atom is -0.350 e. The van der Waals surface area contributed by atoms with Gasteiger partial charge in [-0.05, 0) is 25.2 Å². The molecule has 0 atom stereocenters. The molecule has 5 heteroatoms. The molecule has 0 aromatic carbocycles. The molecule has 3 N–H and O–H groups in total. The van der Waals surface area contributed by atoms with Gasteiger partial charge < -0.3 is 16.0 Å². The van der Waals surface area contributed by atoms with Gasteiger partial charge in [0.15, 0.2) is 0 Å². The number of nitrogens with zero attached hydrogens (tertiary/aromatic N) is 1. The number of thiophene rings is 1. The number of rotatable bonds is 6. The zero-order chi connectivity index (χ0) is 14.1. The summed E-state index contributed by atoms with van der Waals surface area (Å²) in [7, 11) is 0. The molecule has 0 saturated carbocycles. The molecule has 1 aromatic rings. The highest BCUT2D eigenvalue weighted by Crippen LogP contribution is 2.14. The summed E-state index contributed by atoms with van der Waals surface area (Å²) in [5, 5.41) is 2.92. The highest BCUT2D eigenvalue weighted by atomic mass is 32.1. The van der Waals surface area contributed by atoms with E-state index in [2.05, 4.69) is 35.9 Å². The number of carbonyl (C=O) groups excluding carboxylic acids is 1. The molecular weight excluding hydrogens is 258 g/mol. The topological polar surface area (TPSA) is 58.4 Å². The largest absolute Gasteiger partial charge is 0.350 e. The molecule has 1 rings (SSSR count). The third kappa shape index (κ3) is 5.43. The van der Waals surface area contributed by atoms with Gasteiger partial charge in [0, 0.05) is 13.1 Å². The summed E-state index contributed by atoms with van der Waals surface area (Å²) in [6, 6.07) is 3.66. The quantitative estimate of drug-likeness (QED) is 0.768. The Hall–Kier alpha value is -1.35. The second kappa shape index (κ2) is 8.70. The van der Waals surface area contributed by atoms with E-state index in [1.54, 1.807) is 6.07 Å². The maximum absolute atomic E-state index is 11.9. The Kier molecular flexibility index (Phi) is 7.19. The molecule has 0 radical (unpaired) electrons. The van der Waals surface area contributed by atoms with Crippen molar-refractivity contribution in [2.24, 2.45) is 5.73 Å². The molecule has 1 heterocycles. The smallest absolute Gasteiger partial charge is 0.261 e. The van der Waals surface area contributed by atoms with Crippen LogP contribution in [0.1, 0.15) is 28.4 Å². The number of nitrogens with two attached hydrogens (primary N) is 1. The average Bonchev–Trinajstić information content (AvgIpc) is 2.90. The number of hydrogen-bond acceptors (Lipinski definition) is 4. The van der Waals surface area contributed by atoms with Crippen LogP contribution in [0.25, 0.3) is 0 Å². The van der Waals surface area contributed by atoms with Crippen molar-refractivity contribution in [2.75, 3.05) is 32.7 Å². The van der Waals surface area contributed by atoms with Crippen molar-refractivity contribution in [3.05, 3.63) is 21.9 Å². The van der Waals surface area contributed by atoms with E-state index >= 15 is 0 Å².